The fourth-order valence-corrected chi connectivity index (χ4v) is 3.85. The molecular weight excluding hydrogens is 436 g/mol. The van der Waals surface area contributed by atoms with Crippen molar-refractivity contribution in [3.05, 3.63) is 65.7 Å². The Bertz CT molecular complexity index is 1120. The van der Waals surface area contributed by atoms with E-state index < -0.39 is 0 Å². The number of hydrogen-bond donors (Lipinski definition) is 1. The summed E-state index contributed by atoms with van der Waals surface area (Å²) >= 11 is 0. The highest BCUT2D eigenvalue weighted by Crippen LogP contribution is 2.30. The van der Waals surface area contributed by atoms with E-state index in [0.29, 0.717) is 67.8 Å². The zero-order chi connectivity index (χ0) is 23.9. The maximum absolute atomic E-state index is 13.1. The van der Waals surface area contributed by atoms with Gasteiger partial charge in [0.2, 0.25) is 5.91 Å². The highest BCUT2D eigenvalue weighted by Gasteiger charge is 2.28. The second kappa shape index (κ2) is 10.8. The van der Waals surface area contributed by atoms with Gasteiger partial charge in [0.25, 0.3) is 5.91 Å². The van der Waals surface area contributed by atoms with Gasteiger partial charge in [-0.15, -0.1) is 0 Å². The maximum Gasteiger partial charge on any atom is 0.253 e. The molecule has 0 saturated carbocycles. The van der Waals surface area contributed by atoms with Crippen LogP contribution < -0.4 is 14.8 Å². The number of hydrogen-bond acceptors (Lipinski definition) is 7. The number of rotatable bonds is 8. The second-order valence-corrected chi connectivity index (χ2v) is 8.12. The molecule has 2 aromatic heterocycles. The summed E-state index contributed by atoms with van der Waals surface area (Å²) in [6.07, 6.45) is 4.62. The van der Waals surface area contributed by atoms with Crippen molar-refractivity contribution < 1.29 is 23.6 Å². The van der Waals surface area contributed by atoms with Crippen LogP contribution in [-0.4, -0.2) is 46.6 Å². The van der Waals surface area contributed by atoms with Crippen molar-refractivity contribution in [2.75, 3.05) is 25.0 Å². The molecule has 178 valence electrons. The average molecular weight is 465 g/mol. The summed E-state index contributed by atoms with van der Waals surface area (Å²) in [6.45, 7) is 5.45. The minimum Gasteiger partial charge on any atom is -0.490 e. The van der Waals surface area contributed by atoms with Gasteiger partial charge in [0.15, 0.2) is 17.3 Å². The van der Waals surface area contributed by atoms with Gasteiger partial charge in [-0.1, -0.05) is 11.2 Å². The number of piperidine rings is 1. The molecule has 1 fully saturated rings. The zero-order valence-electron chi connectivity index (χ0n) is 19.3. The first-order chi connectivity index (χ1) is 16.5. The topological polar surface area (TPSA) is 107 Å². The van der Waals surface area contributed by atoms with Crippen LogP contribution in [-0.2, 0) is 11.4 Å². The number of anilines is 1. The lowest BCUT2D eigenvalue weighted by Crippen LogP contribution is -2.41. The van der Waals surface area contributed by atoms with E-state index in [1.54, 1.807) is 48.5 Å². The van der Waals surface area contributed by atoms with E-state index in [1.807, 2.05) is 19.1 Å². The molecule has 0 aliphatic carbocycles. The number of amides is 2. The van der Waals surface area contributed by atoms with Crippen molar-refractivity contribution >= 4 is 17.6 Å². The second-order valence-electron chi connectivity index (χ2n) is 8.12. The van der Waals surface area contributed by atoms with Gasteiger partial charge in [-0.3, -0.25) is 14.6 Å². The summed E-state index contributed by atoms with van der Waals surface area (Å²) in [5, 5.41) is 6.58. The highest BCUT2D eigenvalue weighted by molar-refractivity contribution is 5.95. The number of aromatic nitrogens is 2. The molecule has 3 heterocycles. The molecule has 34 heavy (non-hydrogen) atoms. The first-order valence-electron chi connectivity index (χ1n) is 11.4. The van der Waals surface area contributed by atoms with Gasteiger partial charge in [0.1, 0.15) is 12.4 Å². The SMILES string of the molecule is CCOc1cc(C(=O)N2CCC(C(=O)Nc3cc(C)on3)CC2)ccc1OCc1cccnc1. The molecule has 1 N–H and O–H groups in total. The standard InChI is InChI=1S/C25H28N4O5/c1-3-32-22-14-20(6-7-21(22)33-16-18-5-4-10-26-15-18)25(31)29-11-8-19(9-12-29)24(30)27-23-13-17(2)34-28-23/h4-7,10,13-15,19H,3,8-9,11-12,16H2,1-2H3,(H,27,28,30). The van der Waals surface area contributed by atoms with Crippen LogP contribution in [0.2, 0.25) is 0 Å². The van der Waals surface area contributed by atoms with E-state index in [0.717, 1.165) is 5.56 Å². The van der Waals surface area contributed by atoms with E-state index >= 15 is 0 Å². The van der Waals surface area contributed by atoms with Gasteiger partial charge in [-0.25, -0.2) is 0 Å². The Hall–Kier alpha value is -3.88. The van der Waals surface area contributed by atoms with Crippen LogP contribution in [0.5, 0.6) is 11.5 Å². The minimum atomic E-state index is -0.178. The van der Waals surface area contributed by atoms with Crippen molar-refractivity contribution in [1.29, 1.82) is 0 Å². The third-order valence-corrected chi connectivity index (χ3v) is 5.64. The predicted octanol–water partition coefficient (Wildman–Crippen LogP) is 3.85. The molecule has 0 bridgehead atoms. The Labute approximate surface area is 198 Å². The predicted molar refractivity (Wildman–Crippen MR) is 125 cm³/mol. The summed E-state index contributed by atoms with van der Waals surface area (Å²) < 4.78 is 16.6. The lowest BCUT2D eigenvalue weighted by Gasteiger charge is -2.31. The summed E-state index contributed by atoms with van der Waals surface area (Å²) in [5.74, 6) is 1.77. The fourth-order valence-electron chi connectivity index (χ4n) is 3.85. The van der Waals surface area contributed by atoms with Crippen molar-refractivity contribution in [2.24, 2.45) is 5.92 Å². The Morgan fingerprint density at radius 2 is 1.97 bits per heavy atom. The molecule has 3 aromatic rings. The molecule has 1 aliphatic heterocycles. The summed E-state index contributed by atoms with van der Waals surface area (Å²) in [4.78, 5) is 31.5. The number of nitrogens with one attached hydrogen (secondary N) is 1. The normalized spacial score (nSPS) is 14.0. The van der Waals surface area contributed by atoms with Crippen LogP contribution in [0.15, 0.2) is 53.3 Å². The molecule has 1 aromatic carbocycles. The number of benzene rings is 1. The number of carbonyl (C=O) groups is 2. The first kappa shape index (κ1) is 23.3. The molecule has 4 rings (SSSR count). The van der Waals surface area contributed by atoms with Crippen LogP contribution in [0.3, 0.4) is 0 Å². The quantitative estimate of drug-likeness (QED) is 0.540. The third kappa shape index (κ3) is 5.72. The third-order valence-electron chi connectivity index (χ3n) is 5.64. The molecular formula is C25H28N4O5. The maximum atomic E-state index is 13.1. The van der Waals surface area contributed by atoms with Crippen LogP contribution in [0, 0.1) is 12.8 Å². The number of pyridine rings is 1. The minimum absolute atomic E-state index is 0.0919. The van der Waals surface area contributed by atoms with Gasteiger partial charge >= 0.3 is 0 Å². The van der Waals surface area contributed by atoms with Crippen molar-refractivity contribution in [3.63, 3.8) is 0 Å². The lowest BCUT2D eigenvalue weighted by molar-refractivity contribution is -0.121. The number of ether oxygens (including phenoxy) is 2. The van der Waals surface area contributed by atoms with Crippen LogP contribution in [0.4, 0.5) is 5.82 Å². The van der Waals surface area contributed by atoms with Crippen LogP contribution in [0.25, 0.3) is 0 Å². The number of aryl methyl sites for hydroxylation is 1. The Morgan fingerprint density at radius 1 is 1.15 bits per heavy atom. The van der Waals surface area contributed by atoms with E-state index in [-0.39, 0.29) is 17.7 Å². The molecule has 9 heteroatoms. The number of nitrogens with zero attached hydrogens (tertiary/aromatic N) is 3. The van der Waals surface area contributed by atoms with Gasteiger partial charge in [0.05, 0.1) is 6.61 Å². The van der Waals surface area contributed by atoms with E-state index in [9.17, 15) is 9.59 Å². The summed E-state index contributed by atoms with van der Waals surface area (Å²) in [5.41, 5.74) is 1.47. The smallest absolute Gasteiger partial charge is 0.253 e. The Kier molecular flexibility index (Phi) is 7.41. The highest BCUT2D eigenvalue weighted by atomic mass is 16.5. The van der Waals surface area contributed by atoms with Crippen molar-refractivity contribution in [2.45, 2.75) is 33.3 Å². The number of carbonyl (C=O) groups excluding carboxylic acids is 2. The first-order valence-corrected chi connectivity index (χ1v) is 11.4. The van der Waals surface area contributed by atoms with Gasteiger partial charge < -0.3 is 24.2 Å². The summed E-state index contributed by atoms with van der Waals surface area (Å²) in [7, 11) is 0. The monoisotopic (exact) mass is 464 g/mol. The van der Waals surface area contributed by atoms with Crippen molar-refractivity contribution in [3.8, 4) is 11.5 Å². The molecule has 0 radical (unpaired) electrons. The fraction of sp³-hybridized carbons (Fsp3) is 0.360. The molecule has 2 amide bonds. The Morgan fingerprint density at radius 3 is 2.65 bits per heavy atom. The molecule has 0 spiro atoms. The lowest BCUT2D eigenvalue weighted by atomic mass is 9.95. The Balaban J connectivity index is 1.35. The molecule has 1 saturated heterocycles. The number of likely N-dealkylation sites (tertiary alicyclic amines) is 1. The van der Waals surface area contributed by atoms with Gasteiger partial charge in [-0.2, -0.15) is 0 Å². The zero-order valence-corrected chi connectivity index (χ0v) is 19.3. The molecule has 0 atom stereocenters. The van der Waals surface area contributed by atoms with E-state index in [1.165, 1.54) is 0 Å². The van der Waals surface area contributed by atoms with Crippen LogP contribution in [0.1, 0.15) is 41.4 Å². The van der Waals surface area contributed by atoms with E-state index in [2.05, 4.69) is 15.5 Å². The molecule has 0 unspecified atom stereocenters. The summed E-state index contributed by atoms with van der Waals surface area (Å²) in [6, 6.07) is 10.7. The van der Waals surface area contributed by atoms with E-state index in [4.69, 9.17) is 14.0 Å². The van der Waals surface area contributed by atoms with Crippen LogP contribution >= 0.6 is 0 Å². The van der Waals surface area contributed by atoms with Crippen molar-refractivity contribution in [1.82, 2.24) is 15.0 Å². The molecule has 1 aliphatic rings. The van der Waals surface area contributed by atoms with Gasteiger partial charge in [-0.05, 0) is 51.0 Å². The largest absolute Gasteiger partial charge is 0.490 e. The van der Waals surface area contributed by atoms with Gasteiger partial charge in [0, 0.05) is 48.6 Å². The average Bonchev–Trinajstić information content (AvgIpc) is 3.28. The molecule has 9 nitrogen and oxygen atoms in total.